The number of unbranched alkanes of at least 4 members (excludes halogenated alkanes) is 1. The van der Waals surface area contributed by atoms with Crippen LogP contribution in [-0.2, 0) is 4.79 Å². The summed E-state index contributed by atoms with van der Waals surface area (Å²) in [6, 6.07) is 7.80. The maximum atomic E-state index is 12.4. The van der Waals surface area contributed by atoms with E-state index in [0.717, 1.165) is 25.7 Å². The summed E-state index contributed by atoms with van der Waals surface area (Å²) in [6.45, 7) is 2.77. The first-order chi connectivity index (χ1) is 10.1. The second kappa shape index (κ2) is 7.11. The lowest BCUT2D eigenvalue weighted by Crippen LogP contribution is -2.45. The zero-order valence-electron chi connectivity index (χ0n) is 12.3. The lowest BCUT2D eigenvalue weighted by atomic mass is 10.1. The van der Waals surface area contributed by atoms with Crippen molar-refractivity contribution in [3.63, 3.8) is 0 Å². The minimum Gasteiger partial charge on any atom is -0.479 e. The van der Waals surface area contributed by atoms with E-state index in [1.165, 1.54) is 0 Å². The van der Waals surface area contributed by atoms with E-state index in [-0.39, 0.29) is 12.1 Å². The maximum Gasteiger partial charge on any atom is 0.330 e. The summed E-state index contributed by atoms with van der Waals surface area (Å²) in [5.74, 6) is -1.04. The molecule has 1 aromatic rings. The topological polar surface area (TPSA) is 69.6 Å². The van der Waals surface area contributed by atoms with Crippen LogP contribution < -0.4 is 5.32 Å². The number of amides is 2. The number of carbonyl (C=O) groups excluding carboxylic acids is 1. The first kappa shape index (κ1) is 15.4. The summed E-state index contributed by atoms with van der Waals surface area (Å²) >= 11 is 0. The van der Waals surface area contributed by atoms with E-state index in [1.54, 1.807) is 29.2 Å². The monoisotopic (exact) mass is 290 g/mol. The van der Waals surface area contributed by atoms with Gasteiger partial charge in [-0.25, -0.2) is 9.59 Å². The van der Waals surface area contributed by atoms with E-state index >= 15 is 0 Å². The molecule has 2 amide bonds. The molecule has 1 fully saturated rings. The molecule has 5 nitrogen and oxygen atoms in total. The zero-order chi connectivity index (χ0) is 15.2. The summed E-state index contributed by atoms with van der Waals surface area (Å²) < 4.78 is 0. The van der Waals surface area contributed by atoms with E-state index in [2.05, 4.69) is 12.2 Å². The number of nitrogens with zero attached hydrogens (tertiary/aromatic N) is 1. The van der Waals surface area contributed by atoms with Gasteiger partial charge in [0.1, 0.15) is 0 Å². The van der Waals surface area contributed by atoms with Gasteiger partial charge in [0.2, 0.25) is 0 Å². The summed E-state index contributed by atoms with van der Waals surface area (Å²) in [4.78, 5) is 25.6. The van der Waals surface area contributed by atoms with Gasteiger partial charge < -0.3 is 15.3 Å². The Morgan fingerprint density at radius 3 is 2.52 bits per heavy atom. The van der Waals surface area contributed by atoms with E-state index in [0.29, 0.717) is 12.1 Å². The summed E-state index contributed by atoms with van der Waals surface area (Å²) in [5, 5.41) is 12.0. The number of hydrogen-bond donors (Lipinski definition) is 2. The standard InChI is InChI=1S/C16H22N2O3/c1-2-3-11-18(13-9-10-13)16(21)17-14(15(19)20)12-7-5-4-6-8-12/h4-8,13-14H,2-3,9-11H2,1H3,(H,17,21)(H,19,20). The van der Waals surface area contributed by atoms with E-state index in [1.807, 2.05) is 6.07 Å². The highest BCUT2D eigenvalue weighted by atomic mass is 16.4. The van der Waals surface area contributed by atoms with Gasteiger partial charge in [0.05, 0.1) is 0 Å². The zero-order valence-corrected chi connectivity index (χ0v) is 12.3. The Hall–Kier alpha value is -2.04. The van der Waals surface area contributed by atoms with Crippen LogP contribution in [0.25, 0.3) is 0 Å². The molecule has 1 unspecified atom stereocenters. The first-order valence-corrected chi connectivity index (χ1v) is 7.48. The van der Waals surface area contributed by atoms with Crippen molar-refractivity contribution in [2.24, 2.45) is 0 Å². The Morgan fingerprint density at radius 2 is 2.00 bits per heavy atom. The molecule has 2 N–H and O–H groups in total. The van der Waals surface area contributed by atoms with Crippen molar-refractivity contribution < 1.29 is 14.7 Å². The van der Waals surface area contributed by atoms with E-state index < -0.39 is 12.0 Å². The Kier molecular flexibility index (Phi) is 5.20. The number of benzene rings is 1. The molecule has 0 aromatic heterocycles. The number of aliphatic carboxylic acids is 1. The number of hydrogen-bond acceptors (Lipinski definition) is 2. The van der Waals surface area contributed by atoms with Crippen LogP contribution >= 0.6 is 0 Å². The van der Waals surface area contributed by atoms with Crippen molar-refractivity contribution in [3.05, 3.63) is 35.9 Å². The third kappa shape index (κ3) is 4.21. The summed E-state index contributed by atoms with van der Waals surface area (Å²) in [7, 11) is 0. The number of rotatable bonds is 7. The fraction of sp³-hybridized carbons (Fsp3) is 0.500. The Labute approximate surface area is 125 Å². The van der Waals surface area contributed by atoms with Crippen molar-refractivity contribution in [1.82, 2.24) is 10.2 Å². The Morgan fingerprint density at radius 1 is 1.33 bits per heavy atom. The SMILES string of the molecule is CCCCN(C(=O)NC(C(=O)O)c1ccccc1)C1CC1. The number of carbonyl (C=O) groups is 2. The fourth-order valence-corrected chi connectivity index (χ4v) is 2.30. The Bertz CT molecular complexity index is 486. The number of carboxylic acids is 1. The molecule has 1 aromatic carbocycles. The highest BCUT2D eigenvalue weighted by Crippen LogP contribution is 2.27. The molecule has 0 spiro atoms. The van der Waals surface area contributed by atoms with E-state index in [9.17, 15) is 14.7 Å². The average molecular weight is 290 g/mol. The molecule has 1 aliphatic carbocycles. The molecule has 114 valence electrons. The number of nitrogens with one attached hydrogen (secondary N) is 1. The minimum atomic E-state index is -1.04. The summed E-state index contributed by atoms with van der Waals surface area (Å²) in [6.07, 6.45) is 3.98. The van der Waals surface area contributed by atoms with Crippen molar-refractivity contribution in [1.29, 1.82) is 0 Å². The summed E-state index contributed by atoms with van der Waals surface area (Å²) in [5.41, 5.74) is 0.588. The lowest BCUT2D eigenvalue weighted by Gasteiger charge is -2.25. The van der Waals surface area contributed by atoms with Crippen molar-refractivity contribution >= 4 is 12.0 Å². The van der Waals surface area contributed by atoms with Crippen LogP contribution in [0.5, 0.6) is 0 Å². The molecule has 1 atom stereocenters. The highest BCUT2D eigenvalue weighted by molar-refractivity contribution is 5.84. The Balaban J connectivity index is 2.05. The third-order valence-corrected chi connectivity index (χ3v) is 3.65. The first-order valence-electron chi connectivity index (χ1n) is 7.48. The predicted molar refractivity (Wildman–Crippen MR) is 80.0 cm³/mol. The molecule has 0 heterocycles. The molecular weight excluding hydrogens is 268 g/mol. The molecule has 0 radical (unpaired) electrons. The second-order valence-corrected chi connectivity index (χ2v) is 5.41. The molecule has 1 aliphatic rings. The lowest BCUT2D eigenvalue weighted by molar-refractivity contribution is -0.139. The van der Waals surface area contributed by atoms with Crippen molar-refractivity contribution in [3.8, 4) is 0 Å². The van der Waals surface area contributed by atoms with Crippen LogP contribution in [0.4, 0.5) is 4.79 Å². The third-order valence-electron chi connectivity index (χ3n) is 3.65. The van der Waals surface area contributed by atoms with Gasteiger partial charge in [0.15, 0.2) is 6.04 Å². The molecular formula is C16H22N2O3. The predicted octanol–water partition coefficient (Wildman–Crippen LogP) is 2.79. The number of urea groups is 1. The van der Waals surface area contributed by atoms with Gasteiger partial charge in [0, 0.05) is 12.6 Å². The van der Waals surface area contributed by atoms with Crippen LogP contribution in [-0.4, -0.2) is 34.6 Å². The number of carboxylic acid groups (broad SMARTS) is 1. The molecule has 0 aliphatic heterocycles. The molecule has 5 heteroatoms. The van der Waals surface area contributed by atoms with Gasteiger partial charge in [-0.1, -0.05) is 43.7 Å². The molecule has 21 heavy (non-hydrogen) atoms. The van der Waals surface area contributed by atoms with Gasteiger partial charge in [-0.15, -0.1) is 0 Å². The second-order valence-electron chi connectivity index (χ2n) is 5.41. The molecule has 2 rings (SSSR count). The van der Waals surface area contributed by atoms with Crippen LogP contribution in [0.3, 0.4) is 0 Å². The normalized spacial score (nSPS) is 15.3. The van der Waals surface area contributed by atoms with Gasteiger partial charge in [-0.2, -0.15) is 0 Å². The molecule has 0 bridgehead atoms. The quantitative estimate of drug-likeness (QED) is 0.811. The average Bonchev–Trinajstić information content (AvgIpc) is 3.30. The van der Waals surface area contributed by atoms with Crippen LogP contribution in [0.2, 0.25) is 0 Å². The van der Waals surface area contributed by atoms with Crippen LogP contribution in [0.15, 0.2) is 30.3 Å². The van der Waals surface area contributed by atoms with Crippen LogP contribution in [0.1, 0.15) is 44.2 Å². The maximum absolute atomic E-state index is 12.4. The van der Waals surface area contributed by atoms with Crippen molar-refractivity contribution in [2.45, 2.75) is 44.7 Å². The van der Waals surface area contributed by atoms with Gasteiger partial charge >= 0.3 is 12.0 Å². The molecule has 1 saturated carbocycles. The van der Waals surface area contributed by atoms with E-state index in [4.69, 9.17) is 0 Å². The minimum absolute atomic E-state index is 0.276. The largest absolute Gasteiger partial charge is 0.479 e. The van der Waals surface area contributed by atoms with Gasteiger partial charge in [-0.3, -0.25) is 0 Å². The van der Waals surface area contributed by atoms with Gasteiger partial charge in [0.25, 0.3) is 0 Å². The smallest absolute Gasteiger partial charge is 0.330 e. The fourth-order valence-electron chi connectivity index (χ4n) is 2.30. The highest BCUT2D eigenvalue weighted by Gasteiger charge is 2.34. The van der Waals surface area contributed by atoms with Crippen LogP contribution in [0, 0.1) is 0 Å². The van der Waals surface area contributed by atoms with Gasteiger partial charge in [-0.05, 0) is 24.8 Å². The van der Waals surface area contributed by atoms with Crippen molar-refractivity contribution in [2.75, 3.05) is 6.54 Å². The molecule has 0 saturated heterocycles.